The molecule has 0 spiro atoms. The normalized spacial score (nSPS) is 11.1. The van der Waals surface area contributed by atoms with Crippen molar-refractivity contribution in [3.8, 4) is 17.5 Å². The van der Waals surface area contributed by atoms with Crippen LogP contribution in [0.25, 0.3) is 28.6 Å². The zero-order chi connectivity index (χ0) is 20.3. The predicted molar refractivity (Wildman–Crippen MR) is 111 cm³/mol. The maximum Gasteiger partial charge on any atom is 0.293 e. The van der Waals surface area contributed by atoms with Gasteiger partial charge in [-0.25, -0.2) is 9.97 Å². The molecule has 0 saturated carbocycles. The summed E-state index contributed by atoms with van der Waals surface area (Å²) in [5.41, 5.74) is 3.06. The molecule has 0 aliphatic heterocycles. The minimum Gasteiger partial charge on any atom is -0.354 e. The summed E-state index contributed by atoms with van der Waals surface area (Å²) in [5.74, 6) is 0.839. The van der Waals surface area contributed by atoms with Crippen LogP contribution >= 0.6 is 11.6 Å². The van der Waals surface area contributed by atoms with Gasteiger partial charge in [-0.2, -0.15) is 9.67 Å². The number of rotatable bonds is 6. The molecule has 3 heterocycles. The second-order valence-electron chi connectivity index (χ2n) is 6.44. The van der Waals surface area contributed by atoms with Gasteiger partial charge in [-0.3, -0.25) is 0 Å². The highest BCUT2D eigenvalue weighted by Crippen LogP contribution is 2.26. The molecule has 0 radical (unpaired) electrons. The van der Waals surface area contributed by atoms with Gasteiger partial charge in [0.1, 0.15) is 5.52 Å². The van der Waals surface area contributed by atoms with Gasteiger partial charge in [-0.15, -0.1) is 5.10 Å². The van der Waals surface area contributed by atoms with E-state index in [2.05, 4.69) is 47.9 Å². The summed E-state index contributed by atoms with van der Waals surface area (Å²) in [4.78, 5) is 13.0. The number of fused-ring (bicyclic) bond motifs is 1. The van der Waals surface area contributed by atoms with Crippen molar-refractivity contribution in [3.63, 3.8) is 0 Å². The predicted octanol–water partition coefficient (Wildman–Crippen LogP) is 3.57. The van der Waals surface area contributed by atoms with Gasteiger partial charge in [0.2, 0.25) is 5.95 Å². The topological polar surface area (TPSA) is 107 Å². The Morgan fingerprint density at radius 1 is 1.00 bits per heavy atom. The van der Waals surface area contributed by atoms with Gasteiger partial charge in [0.25, 0.3) is 11.8 Å². The molecule has 1 N–H and O–H groups in total. The SMILES string of the molecule is Clc1cnc(NCCc2ccccc2)nc1-c1nc(-n2nnc3ccccc32)no1. The number of nitrogens with zero attached hydrogens (tertiary/aromatic N) is 7. The lowest BCUT2D eigenvalue weighted by Crippen LogP contribution is -2.08. The second kappa shape index (κ2) is 7.88. The average Bonchev–Trinajstić information content (AvgIpc) is 3.43. The van der Waals surface area contributed by atoms with Gasteiger partial charge >= 0.3 is 0 Å². The van der Waals surface area contributed by atoms with Crippen molar-refractivity contribution in [3.05, 3.63) is 71.4 Å². The van der Waals surface area contributed by atoms with Crippen LogP contribution < -0.4 is 5.32 Å². The number of halogens is 1. The Morgan fingerprint density at radius 3 is 2.73 bits per heavy atom. The molecule has 0 amide bonds. The van der Waals surface area contributed by atoms with Gasteiger partial charge in [-0.1, -0.05) is 59.3 Å². The fourth-order valence-corrected chi connectivity index (χ4v) is 3.15. The van der Waals surface area contributed by atoms with Crippen molar-refractivity contribution in [1.82, 2.24) is 35.1 Å². The fraction of sp³-hybridized carbons (Fsp3) is 0.100. The lowest BCUT2D eigenvalue weighted by molar-refractivity contribution is 0.424. The first-order chi connectivity index (χ1) is 14.8. The molecule has 10 heteroatoms. The quantitative estimate of drug-likeness (QED) is 0.446. The first kappa shape index (κ1) is 18.2. The molecule has 148 valence electrons. The summed E-state index contributed by atoms with van der Waals surface area (Å²) in [6.07, 6.45) is 2.34. The van der Waals surface area contributed by atoms with E-state index in [-0.39, 0.29) is 11.8 Å². The number of benzene rings is 2. The van der Waals surface area contributed by atoms with Crippen molar-refractivity contribution in [2.75, 3.05) is 11.9 Å². The monoisotopic (exact) mass is 418 g/mol. The van der Waals surface area contributed by atoms with E-state index in [4.69, 9.17) is 16.1 Å². The Balaban J connectivity index is 1.37. The van der Waals surface area contributed by atoms with Crippen LogP contribution in [0.15, 0.2) is 65.3 Å². The molecule has 0 saturated heterocycles. The van der Waals surface area contributed by atoms with Crippen LogP contribution in [0.4, 0.5) is 5.95 Å². The molecule has 0 fully saturated rings. The summed E-state index contributed by atoms with van der Waals surface area (Å²) in [6, 6.07) is 17.7. The first-order valence-electron chi connectivity index (χ1n) is 9.23. The van der Waals surface area contributed by atoms with Crippen LogP contribution in [0.1, 0.15) is 5.56 Å². The minimum atomic E-state index is 0.170. The standard InChI is InChI=1S/C20H15ClN8O/c21-14-12-23-19(22-11-10-13-6-2-1-3-7-13)24-17(14)18-25-20(27-30-18)29-16-9-5-4-8-15(16)26-28-29/h1-9,12H,10-11H2,(H,22,23,24). The van der Waals surface area contributed by atoms with Crippen molar-refractivity contribution in [2.45, 2.75) is 6.42 Å². The van der Waals surface area contributed by atoms with Crippen LogP contribution in [-0.2, 0) is 6.42 Å². The fourth-order valence-electron chi connectivity index (χ4n) is 2.98. The highest BCUT2D eigenvalue weighted by atomic mass is 35.5. The molecule has 30 heavy (non-hydrogen) atoms. The maximum absolute atomic E-state index is 6.27. The van der Waals surface area contributed by atoms with E-state index >= 15 is 0 Å². The van der Waals surface area contributed by atoms with Gasteiger partial charge in [0.05, 0.1) is 16.7 Å². The molecular weight excluding hydrogens is 404 g/mol. The lowest BCUT2D eigenvalue weighted by Gasteiger charge is -2.06. The summed E-state index contributed by atoms with van der Waals surface area (Å²) in [5, 5.41) is 15.7. The molecule has 0 atom stereocenters. The van der Waals surface area contributed by atoms with Gasteiger partial charge in [-0.05, 0) is 29.3 Å². The molecule has 0 unspecified atom stereocenters. The van der Waals surface area contributed by atoms with Crippen molar-refractivity contribution in [1.29, 1.82) is 0 Å². The van der Waals surface area contributed by atoms with E-state index in [1.807, 2.05) is 42.5 Å². The zero-order valence-corrected chi connectivity index (χ0v) is 16.4. The first-order valence-corrected chi connectivity index (χ1v) is 9.61. The van der Waals surface area contributed by atoms with E-state index in [9.17, 15) is 0 Å². The molecule has 3 aromatic heterocycles. The van der Waals surface area contributed by atoms with E-state index in [0.717, 1.165) is 17.5 Å². The Morgan fingerprint density at radius 2 is 1.83 bits per heavy atom. The smallest absolute Gasteiger partial charge is 0.293 e. The zero-order valence-electron chi connectivity index (χ0n) is 15.6. The summed E-state index contributed by atoms with van der Waals surface area (Å²) >= 11 is 6.27. The van der Waals surface area contributed by atoms with Crippen LogP contribution in [0.5, 0.6) is 0 Å². The second-order valence-corrected chi connectivity index (χ2v) is 6.85. The third kappa shape index (κ3) is 3.58. The third-order valence-electron chi connectivity index (χ3n) is 4.44. The van der Waals surface area contributed by atoms with Gasteiger partial charge in [0.15, 0.2) is 5.69 Å². The highest BCUT2D eigenvalue weighted by Gasteiger charge is 2.18. The molecule has 5 rings (SSSR count). The number of aromatic nitrogens is 7. The van der Waals surface area contributed by atoms with Crippen LogP contribution in [0, 0.1) is 0 Å². The third-order valence-corrected chi connectivity index (χ3v) is 4.72. The van der Waals surface area contributed by atoms with Crippen molar-refractivity contribution in [2.24, 2.45) is 0 Å². The van der Waals surface area contributed by atoms with Crippen LogP contribution in [0.3, 0.4) is 0 Å². The lowest BCUT2D eigenvalue weighted by atomic mass is 10.1. The van der Waals surface area contributed by atoms with E-state index in [0.29, 0.717) is 23.2 Å². The Labute approximate surface area is 175 Å². The Bertz CT molecular complexity index is 1300. The number of para-hydroxylation sites is 1. The van der Waals surface area contributed by atoms with E-state index < -0.39 is 0 Å². The maximum atomic E-state index is 6.27. The molecular formula is C20H15ClN8O. The number of hydrogen-bond donors (Lipinski definition) is 1. The minimum absolute atomic E-state index is 0.170. The highest BCUT2D eigenvalue weighted by molar-refractivity contribution is 6.32. The largest absolute Gasteiger partial charge is 0.354 e. The Kier molecular flexibility index (Phi) is 4.78. The summed E-state index contributed by atoms with van der Waals surface area (Å²) in [7, 11) is 0. The molecule has 0 bridgehead atoms. The molecule has 0 aliphatic carbocycles. The van der Waals surface area contributed by atoms with Crippen LogP contribution in [0.2, 0.25) is 5.02 Å². The number of nitrogens with one attached hydrogen (secondary N) is 1. The van der Waals surface area contributed by atoms with Crippen LogP contribution in [-0.4, -0.2) is 41.6 Å². The van der Waals surface area contributed by atoms with Crippen molar-refractivity contribution >= 4 is 28.6 Å². The Hall–Kier alpha value is -3.85. The summed E-state index contributed by atoms with van der Waals surface area (Å²) < 4.78 is 6.88. The van der Waals surface area contributed by atoms with E-state index in [1.165, 1.54) is 16.4 Å². The molecule has 0 aliphatic rings. The van der Waals surface area contributed by atoms with Crippen molar-refractivity contribution < 1.29 is 4.52 Å². The van der Waals surface area contributed by atoms with E-state index in [1.54, 1.807) is 0 Å². The molecule has 9 nitrogen and oxygen atoms in total. The molecule has 5 aromatic rings. The average molecular weight is 419 g/mol. The van der Waals surface area contributed by atoms with Gasteiger partial charge < -0.3 is 9.84 Å². The summed E-state index contributed by atoms with van der Waals surface area (Å²) in [6.45, 7) is 0.672. The van der Waals surface area contributed by atoms with Gasteiger partial charge in [0, 0.05) is 6.54 Å². The number of hydrogen-bond acceptors (Lipinski definition) is 8. The number of anilines is 1. The molecule has 2 aromatic carbocycles.